The third-order valence-corrected chi connectivity index (χ3v) is 7.31. The molecular weight excluding hydrogens is 342 g/mol. The normalized spacial score (nSPS) is 40.0. The third kappa shape index (κ3) is 3.47. The van der Waals surface area contributed by atoms with Gasteiger partial charge in [0.05, 0.1) is 0 Å². The number of nitrogens with one attached hydrogen (secondary N) is 2. The minimum absolute atomic E-state index is 0.0912. The lowest BCUT2D eigenvalue weighted by Crippen LogP contribution is -2.61. The molecule has 0 aromatic heterocycles. The van der Waals surface area contributed by atoms with Crippen LogP contribution in [0.25, 0.3) is 0 Å². The Balaban J connectivity index is 1.38. The van der Waals surface area contributed by atoms with Crippen LogP contribution in [-0.2, 0) is 9.59 Å². The second-order valence-corrected chi connectivity index (χ2v) is 10.3. The van der Waals surface area contributed by atoms with Gasteiger partial charge in [0, 0.05) is 5.54 Å². The highest BCUT2D eigenvalue weighted by Crippen LogP contribution is 2.55. The summed E-state index contributed by atoms with van der Waals surface area (Å²) in [6.07, 6.45) is 8.60. The van der Waals surface area contributed by atoms with Gasteiger partial charge in [0.15, 0.2) is 0 Å². The van der Waals surface area contributed by atoms with Crippen molar-refractivity contribution in [2.45, 2.75) is 83.2 Å². The van der Waals surface area contributed by atoms with E-state index < -0.39 is 11.6 Å². The van der Waals surface area contributed by atoms with E-state index in [1.807, 2.05) is 0 Å². The summed E-state index contributed by atoms with van der Waals surface area (Å²) in [5.74, 6) is 2.23. The number of hydrogen-bond acceptors (Lipinski definition) is 3. The van der Waals surface area contributed by atoms with Crippen molar-refractivity contribution >= 4 is 17.8 Å². The van der Waals surface area contributed by atoms with Crippen LogP contribution in [-0.4, -0.2) is 40.4 Å². The van der Waals surface area contributed by atoms with Crippen LogP contribution in [0.3, 0.4) is 0 Å². The summed E-state index contributed by atoms with van der Waals surface area (Å²) >= 11 is 0. The molecule has 2 N–H and O–H groups in total. The van der Waals surface area contributed by atoms with E-state index in [2.05, 4.69) is 24.5 Å². The van der Waals surface area contributed by atoms with Crippen LogP contribution in [0.5, 0.6) is 0 Å². The lowest BCUT2D eigenvalue weighted by molar-refractivity contribution is -0.136. The molecule has 0 aromatic rings. The molecule has 0 unspecified atom stereocenters. The summed E-state index contributed by atoms with van der Waals surface area (Å²) in [4.78, 5) is 39.0. The number of carbonyl (C=O) groups is 3. The summed E-state index contributed by atoms with van der Waals surface area (Å²) in [7, 11) is 0. The molecule has 5 aliphatic rings. The quantitative estimate of drug-likeness (QED) is 0.701. The second-order valence-electron chi connectivity index (χ2n) is 10.3. The van der Waals surface area contributed by atoms with E-state index in [-0.39, 0.29) is 23.9 Å². The SMILES string of the molecule is CC(C)CC[C@]1(C)NC(=O)N(CC(=O)NC23CC4CC(CC(C4)C2)C3)C1=O. The van der Waals surface area contributed by atoms with Gasteiger partial charge < -0.3 is 10.6 Å². The lowest BCUT2D eigenvalue weighted by Gasteiger charge is -2.56. The van der Waals surface area contributed by atoms with E-state index in [4.69, 9.17) is 0 Å². The summed E-state index contributed by atoms with van der Waals surface area (Å²) in [6.45, 7) is 5.80. The topological polar surface area (TPSA) is 78.5 Å². The average molecular weight is 376 g/mol. The predicted molar refractivity (Wildman–Crippen MR) is 102 cm³/mol. The van der Waals surface area contributed by atoms with Gasteiger partial charge in [-0.15, -0.1) is 0 Å². The molecule has 4 bridgehead atoms. The van der Waals surface area contributed by atoms with Gasteiger partial charge in [-0.2, -0.15) is 0 Å². The zero-order valence-corrected chi connectivity index (χ0v) is 16.8. The Hall–Kier alpha value is -1.59. The molecule has 4 saturated carbocycles. The molecular formula is C21H33N3O3. The Morgan fingerprint density at radius 2 is 1.70 bits per heavy atom. The monoisotopic (exact) mass is 375 g/mol. The van der Waals surface area contributed by atoms with Crippen molar-refractivity contribution in [3.05, 3.63) is 0 Å². The van der Waals surface area contributed by atoms with E-state index in [1.165, 1.54) is 19.3 Å². The van der Waals surface area contributed by atoms with Crippen molar-refractivity contribution < 1.29 is 14.4 Å². The van der Waals surface area contributed by atoms with Crippen LogP contribution in [0, 0.1) is 23.7 Å². The molecule has 1 aliphatic heterocycles. The average Bonchev–Trinajstić information content (AvgIpc) is 2.75. The maximum Gasteiger partial charge on any atom is 0.325 e. The van der Waals surface area contributed by atoms with Gasteiger partial charge >= 0.3 is 6.03 Å². The van der Waals surface area contributed by atoms with Gasteiger partial charge in [0.1, 0.15) is 12.1 Å². The molecule has 5 rings (SSSR count). The number of carbonyl (C=O) groups excluding carboxylic acids is 3. The molecule has 1 heterocycles. The van der Waals surface area contributed by atoms with E-state index in [0.717, 1.165) is 48.3 Å². The van der Waals surface area contributed by atoms with Crippen LogP contribution in [0.1, 0.15) is 72.1 Å². The fourth-order valence-electron chi connectivity index (χ4n) is 6.38. The molecule has 6 heteroatoms. The standard InChI is InChI=1S/C21H33N3O3/c1-13(2)4-5-20(3)18(26)24(19(27)23-20)12-17(25)22-21-9-14-6-15(10-21)8-16(7-14)11-21/h13-16H,4-12H2,1-3H3,(H,22,25)(H,23,27)/t14?,15?,16?,20-,21?/m0/s1. The molecule has 1 saturated heterocycles. The zero-order valence-electron chi connectivity index (χ0n) is 16.8. The van der Waals surface area contributed by atoms with Crippen LogP contribution >= 0.6 is 0 Å². The molecule has 0 spiro atoms. The minimum Gasteiger partial charge on any atom is -0.349 e. The van der Waals surface area contributed by atoms with Gasteiger partial charge in [-0.1, -0.05) is 13.8 Å². The lowest BCUT2D eigenvalue weighted by atomic mass is 9.53. The third-order valence-electron chi connectivity index (χ3n) is 7.31. The van der Waals surface area contributed by atoms with Crippen LogP contribution < -0.4 is 10.6 Å². The van der Waals surface area contributed by atoms with Crippen molar-refractivity contribution in [1.29, 1.82) is 0 Å². The smallest absolute Gasteiger partial charge is 0.325 e. The molecule has 27 heavy (non-hydrogen) atoms. The number of hydrogen-bond donors (Lipinski definition) is 2. The Kier molecular flexibility index (Phi) is 4.51. The largest absolute Gasteiger partial charge is 0.349 e. The van der Waals surface area contributed by atoms with E-state index in [1.54, 1.807) is 6.92 Å². The Labute approximate surface area is 161 Å². The molecule has 0 aromatic carbocycles. The summed E-state index contributed by atoms with van der Waals surface area (Å²) in [5, 5.41) is 6.07. The minimum atomic E-state index is -0.887. The van der Waals surface area contributed by atoms with Gasteiger partial charge in [0.2, 0.25) is 5.91 Å². The number of rotatable bonds is 6. The van der Waals surface area contributed by atoms with Crippen LogP contribution in [0.15, 0.2) is 0 Å². The van der Waals surface area contributed by atoms with Gasteiger partial charge in [-0.3, -0.25) is 14.5 Å². The first-order valence-corrected chi connectivity index (χ1v) is 10.6. The molecule has 5 fully saturated rings. The molecule has 6 nitrogen and oxygen atoms in total. The maximum atomic E-state index is 12.8. The number of amides is 4. The number of imide groups is 1. The Morgan fingerprint density at radius 3 is 2.22 bits per heavy atom. The number of urea groups is 1. The predicted octanol–water partition coefficient (Wildman–Crippen LogP) is 2.82. The van der Waals surface area contributed by atoms with Crippen molar-refractivity contribution in [1.82, 2.24) is 15.5 Å². The molecule has 1 atom stereocenters. The van der Waals surface area contributed by atoms with Crippen molar-refractivity contribution in [2.24, 2.45) is 23.7 Å². The van der Waals surface area contributed by atoms with Crippen molar-refractivity contribution in [3.8, 4) is 0 Å². The highest BCUT2D eigenvalue weighted by Gasteiger charge is 2.52. The van der Waals surface area contributed by atoms with Gasteiger partial charge in [-0.05, 0) is 82.0 Å². The van der Waals surface area contributed by atoms with Crippen LogP contribution in [0.2, 0.25) is 0 Å². The van der Waals surface area contributed by atoms with E-state index >= 15 is 0 Å². The van der Waals surface area contributed by atoms with Gasteiger partial charge in [0.25, 0.3) is 5.91 Å². The van der Waals surface area contributed by atoms with Crippen LogP contribution in [0.4, 0.5) is 4.79 Å². The summed E-state index contributed by atoms with van der Waals surface area (Å²) in [5.41, 5.74) is -0.978. The summed E-state index contributed by atoms with van der Waals surface area (Å²) < 4.78 is 0. The first kappa shape index (κ1) is 18.8. The second kappa shape index (κ2) is 6.49. The first-order valence-electron chi connectivity index (χ1n) is 10.6. The fraction of sp³-hybridized carbons (Fsp3) is 0.857. The van der Waals surface area contributed by atoms with E-state index in [9.17, 15) is 14.4 Å². The Bertz CT molecular complexity index is 624. The molecule has 150 valence electrons. The zero-order chi connectivity index (χ0) is 19.4. The molecule has 4 amide bonds. The first-order chi connectivity index (χ1) is 12.7. The molecule has 4 aliphatic carbocycles. The molecule has 0 radical (unpaired) electrons. The highest BCUT2D eigenvalue weighted by molar-refractivity contribution is 6.08. The van der Waals surface area contributed by atoms with E-state index in [0.29, 0.717) is 12.3 Å². The Morgan fingerprint density at radius 1 is 1.15 bits per heavy atom. The van der Waals surface area contributed by atoms with Gasteiger partial charge in [-0.25, -0.2) is 4.79 Å². The number of nitrogens with zero attached hydrogens (tertiary/aromatic N) is 1. The fourth-order valence-corrected chi connectivity index (χ4v) is 6.38. The highest BCUT2D eigenvalue weighted by atomic mass is 16.2. The van der Waals surface area contributed by atoms with Crippen molar-refractivity contribution in [3.63, 3.8) is 0 Å². The van der Waals surface area contributed by atoms with Crippen molar-refractivity contribution in [2.75, 3.05) is 6.54 Å². The summed E-state index contributed by atoms with van der Waals surface area (Å²) in [6, 6.07) is -0.438. The maximum absolute atomic E-state index is 12.8.